The molecule has 0 saturated heterocycles. The van der Waals surface area contributed by atoms with Crippen LogP contribution in [-0.4, -0.2) is 10.8 Å². The molecule has 2 heterocycles. The standard InChI is InChI=1S/C19H15NO3/c1-13-2-4-14(5-3-13)18-9-7-16(23-18)6-8-17(21)15-10-11-20-19(22)12-15/h2-12H,1H3,(H,20,22). The number of allylic oxidation sites excluding steroid dienone is 1. The van der Waals surface area contributed by atoms with E-state index in [4.69, 9.17) is 4.42 Å². The van der Waals surface area contributed by atoms with Crippen molar-refractivity contribution in [2.45, 2.75) is 6.92 Å². The van der Waals surface area contributed by atoms with Crippen molar-refractivity contribution in [1.82, 2.24) is 4.98 Å². The van der Waals surface area contributed by atoms with Gasteiger partial charge in [0, 0.05) is 23.4 Å². The number of hydrogen-bond acceptors (Lipinski definition) is 3. The molecule has 23 heavy (non-hydrogen) atoms. The van der Waals surface area contributed by atoms with Gasteiger partial charge in [0.15, 0.2) is 5.78 Å². The number of pyridine rings is 1. The first-order chi connectivity index (χ1) is 11.1. The second-order valence-corrected chi connectivity index (χ2v) is 5.21. The van der Waals surface area contributed by atoms with Crippen LogP contribution in [0.15, 0.2) is 70.0 Å². The van der Waals surface area contributed by atoms with Gasteiger partial charge in [0.1, 0.15) is 11.5 Å². The van der Waals surface area contributed by atoms with Crippen LogP contribution in [0.4, 0.5) is 0 Å². The Morgan fingerprint density at radius 1 is 1.09 bits per heavy atom. The van der Waals surface area contributed by atoms with Crippen LogP contribution in [0.5, 0.6) is 0 Å². The number of nitrogens with one attached hydrogen (secondary N) is 1. The van der Waals surface area contributed by atoms with Crippen molar-refractivity contribution in [1.29, 1.82) is 0 Å². The molecule has 4 nitrogen and oxygen atoms in total. The Morgan fingerprint density at radius 3 is 2.61 bits per heavy atom. The van der Waals surface area contributed by atoms with E-state index in [0.29, 0.717) is 11.3 Å². The highest BCUT2D eigenvalue weighted by Gasteiger charge is 2.05. The maximum atomic E-state index is 12.0. The monoisotopic (exact) mass is 305 g/mol. The summed E-state index contributed by atoms with van der Waals surface area (Å²) >= 11 is 0. The maximum Gasteiger partial charge on any atom is 0.248 e. The molecule has 2 aromatic heterocycles. The summed E-state index contributed by atoms with van der Waals surface area (Å²) in [6.45, 7) is 2.03. The average molecular weight is 305 g/mol. The minimum atomic E-state index is -0.302. The zero-order valence-corrected chi connectivity index (χ0v) is 12.6. The number of aryl methyl sites for hydroxylation is 1. The van der Waals surface area contributed by atoms with Crippen molar-refractivity contribution in [2.75, 3.05) is 0 Å². The number of furan rings is 1. The lowest BCUT2D eigenvalue weighted by molar-refractivity contribution is 0.104. The second kappa shape index (κ2) is 6.32. The predicted molar refractivity (Wildman–Crippen MR) is 89.3 cm³/mol. The SMILES string of the molecule is Cc1ccc(-c2ccc(C=CC(=O)c3cc[nH]c(=O)c3)o2)cc1. The quantitative estimate of drug-likeness (QED) is 0.588. The molecule has 0 saturated carbocycles. The zero-order valence-electron chi connectivity index (χ0n) is 12.6. The fraction of sp³-hybridized carbons (Fsp3) is 0.0526. The Hall–Kier alpha value is -3.14. The highest BCUT2D eigenvalue weighted by atomic mass is 16.3. The molecule has 1 N–H and O–H groups in total. The van der Waals surface area contributed by atoms with Crippen LogP contribution >= 0.6 is 0 Å². The summed E-state index contributed by atoms with van der Waals surface area (Å²) in [6.07, 6.45) is 4.44. The van der Waals surface area contributed by atoms with Gasteiger partial charge < -0.3 is 9.40 Å². The molecule has 0 aliphatic carbocycles. The van der Waals surface area contributed by atoms with Crippen LogP contribution < -0.4 is 5.56 Å². The van der Waals surface area contributed by atoms with Crippen molar-refractivity contribution in [2.24, 2.45) is 0 Å². The van der Waals surface area contributed by atoms with Gasteiger partial charge in [-0.15, -0.1) is 0 Å². The Kier molecular flexibility index (Phi) is 4.06. The Labute approximate surface area is 133 Å². The third-order valence-electron chi connectivity index (χ3n) is 3.42. The molecule has 0 fully saturated rings. The molecule has 3 aromatic rings. The molecule has 0 unspecified atom stereocenters. The van der Waals surface area contributed by atoms with Crippen molar-refractivity contribution in [3.05, 3.63) is 88.0 Å². The van der Waals surface area contributed by atoms with Crippen LogP contribution in [0.25, 0.3) is 17.4 Å². The van der Waals surface area contributed by atoms with E-state index < -0.39 is 0 Å². The number of ketones is 1. The van der Waals surface area contributed by atoms with Crippen LogP contribution in [-0.2, 0) is 0 Å². The molecule has 114 valence electrons. The summed E-state index contributed by atoms with van der Waals surface area (Å²) in [5.41, 5.74) is 2.21. The van der Waals surface area contributed by atoms with Crippen LogP contribution in [0.2, 0.25) is 0 Å². The van der Waals surface area contributed by atoms with Gasteiger partial charge >= 0.3 is 0 Å². The lowest BCUT2D eigenvalue weighted by Gasteiger charge is -1.97. The molecular formula is C19H15NO3. The first-order valence-electron chi connectivity index (χ1n) is 7.20. The molecular weight excluding hydrogens is 290 g/mol. The highest BCUT2D eigenvalue weighted by Crippen LogP contribution is 2.23. The summed E-state index contributed by atoms with van der Waals surface area (Å²) < 4.78 is 5.71. The molecule has 4 heteroatoms. The van der Waals surface area contributed by atoms with Crippen molar-refractivity contribution < 1.29 is 9.21 Å². The molecule has 0 bridgehead atoms. The number of carbonyl (C=O) groups excluding carboxylic acids is 1. The largest absolute Gasteiger partial charge is 0.457 e. The van der Waals surface area contributed by atoms with E-state index in [1.54, 1.807) is 18.2 Å². The van der Waals surface area contributed by atoms with Gasteiger partial charge in [-0.25, -0.2) is 0 Å². The molecule has 0 atom stereocenters. The smallest absolute Gasteiger partial charge is 0.248 e. The number of aromatic nitrogens is 1. The topological polar surface area (TPSA) is 63.1 Å². The molecule has 0 spiro atoms. The lowest BCUT2D eigenvalue weighted by Crippen LogP contribution is -2.06. The second-order valence-electron chi connectivity index (χ2n) is 5.21. The highest BCUT2D eigenvalue weighted by molar-refractivity contribution is 6.06. The van der Waals surface area contributed by atoms with Gasteiger partial charge in [0.05, 0.1) is 0 Å². The third kappa shape index (κ3) is 3.55. The Morgan fingerprint density at radius 2 is 1.87 bits per heavy atom. The first-order valence-corrected chi connectivity index (χ1v) is 7.20. The summed E-state index contributed by atoms with van der Waals surface area (Å²) in [7, 11) is 0. The molecule has 0 amide bonds. The third-order valence-corrected chi connectivity index (χ3v) is 3.42. The predicted octanol–water partition coefficient (Wildman–Crippen LogP) is 3.84. The van der Waals surface area contributed by atoms with Crippen molar-refractivity contribution in [3.63, 3.8) is 0 Å². The van der Waals surface area contributed by atoms with Crippen molar-refractivity contribution in [3.8, 4) is 11.3 Å². The fourth-order valence-electron chi connectivity index (χ4n) is 2.17. The number of carbonyl (C=O) groups is 1. The lowest BCUT2D eigenvalue weighted by atomic mass is 10.1. The van der Waals surface area contributed by atoms with Gasteiger partial charge in [0.2, 0.25) is 5.56 Å². The Balaban J connectivity index is 1.77. The summed E-state index contributed by atoms with van der Waals surface area (Å²) in [5, 5.41) is 0. The molecule has 1 aromatic carbocycles. The van der Waals surface area contributed by atoms with Gasteiger partial charge in [-0.3, -0.25) is 9.59 Å². The van der Waals surface area contributed by atoms with E-state index in [1.165, 1.54) is 23.9 Å². The molecule has 3 rings (SSSR count). The fourth-order valence-corrected chi connectivity index (χ4v) is 2.17. The van der Waals surface area contributed by atoms with E-state index >= 15 is 0 Å². The average Bonchev–Trinajstić information content (AvgIpc) is 3.02. The minimum absolute atomic E-state index is 0.246. The van der Waals surface area contributed by atoms with Crippen LogP contribution in [0.3, 0.4) is 0 Å². The van der Waals surface area contributed by atoms with E-state index in [0.717, 1.165) is 11.3 Å². The van der Waals surface area contributed by atoms with E-state index in [2.05, 4.69) is 4.98 Å². The number of benzene rings is 1. The maximum absolute atomic E-state index is 12.0. The number of aromatic amines is 1. The summed E-state index contributed by atoms with van der Waals surface area (Å²) in [4.78, 5) is 25.7. The van der Waals surface area contributed by atoms with Gasteiger partial charge in [0.25, 0.3) is 0 Å². The first kappa shape index (κ1) is 14.8. The summed E-state index contributed by atoms with van der Waals surface area (Å²) in [5.74, 6) is 1.08. The van der Waals surface area contributed by atoms with E-state index in [-0.39, 0.29) is 11.3 Å². The number of H-pyrrole nitrogens is 1. The normalized spacial score (nSPS) is 11.0. The number of rotatable bonds is 4. The molecule has 0 aliphatic rings. The summed E-state index contributed by atoms with van der Waals surface area (Å²) in [6, 6.07) is 14.5. The minimum Gasteiger partial charge on any atom is -0.457 e. The Bertz CT molecular complexity index is 914. The number of hydrogen-bond donors (Lipinski definition) is 1. The van der Waals surface area contributed by atoms with Gasteiger partial charge in [-0.05, 0) is 37.3 Å². The van der Waals surface area contributed by atoms with Crippen LogP contribution in [0.1, 0.15) is 21.7 Å². The van der Waals surface area contributed by atoms with Crippen molar-refractivity contribution >= 4 is 11.9 Å². The zero-order chi connectivity index (χ0) is 16.2. The van der Waals surface area contributed by atoms with Crippen LogP contribution in [0, 0.1) is 6.92 Å². The van der Waals surface area contributed by atoms with E-state index in [9.17, 15) is 9.59 Å². The molecule has 0 radical (unpaired) electrons. The van der Waals surface area contributed by atoms with E-state index in [1.807, 2.05) is 37.3 Å². The van der Waals surface area contributed by atoms with Gasteiger partial charge in [-0.2, -0.15) is 0 Å². The van der Waals surface area contributed by atoms with Gasteiger partial charge in [-0.1, -0.05) is 29.8 Å². The molecule has 0 aliphatic heterocycles.